The molecule has 1 unspecified atom stereocenters. The summed E-state index contributed by atoms with van der Waals surface area (Å²) in [6.07, 6.45) is 1.48. The summed E-state index contributed by atoms with van der Waals surface area (Å²) in [7, 11) is 1.73. The first-order valence-electron chi connectivity index (χ1n) is 7.49. The van der Waals surface area contributed by atoms with Crippen LogP contribution >= 0.6 is 35.3 Å². The highest BCUT2D eigenvalue weighted by Crippen LogP contribution is 2.16. The molecular weight excluding hydrogens is 439 g/mol. The van der Waals surface area contributed by atoms with Gasteiger partial charge in [0.15, 0.2) is 11.7 Å². The number of hydrogen-bond acceptors (Lipinski definition) is 4. The Kier molecular flexibility index (Phi) is 9.46. The molecule has 6 nitrogen and oxygen atoms in total. The van der Waals surface area contributed by atoms with Crippen LogP contribution in [0.25, 0.3) is 0 Å². The van der Waals surface area contributed by atoms with Crippen molar-refractivity contribution in [2.45, 2.75) is 12.8 Å². The van der Waals surface area contributed by atoms with Crippen molar-refractivity contribution in [3.05, 3.63) is 46.5 Å². The lowest BCUT2D eigenvalue weighted by Gasteiger charge is -2.15. The SMILES string of the molecule is CN=C(NCCNC(=O)c1ccco1)NCC(C)c1ccsc1.I. The lowest BCUT2D eigenvalue weighted by atomic mass is 10.1. The van der Waals surface area contributed by atoms with Crippen LogP contribution in [0.1, 0.15) is 29.0 Å². The van der Waals surface area contributed by atoms with E-state index in [0.717, 1.165) is 12.5 Å². The Bertz CT molecular complexity index is 614. The van der Waals surface area contributed by atoms with E-state index >= 15 is 0 Å². The van der Waals surface area contributed by atoms with Gasteiger partial charge in [0.25, 0.3) is 5.91 Å². The van der Waals surface area contributed by atoms with Crippen molar-refractivity contribution in [1.29, 1.82) is 0 Å². The molecule has 0 aliphatic heterocycles. The lowest BCUT2D eigenvalue weighted by Crippen LogP contribution is -2.42. The largest absolute Gasteiger partial charge is 0.459 e. The molecule has 0 aliphatic carbocycles. The number of thiophene rings is 1. The molecule has 2 heterocycles. The minimum absolute atomic E-state index is 0. The number of aliphatic imine (C=N–C) groups is 1. The van der Waals surface area contributed by atoms with Crippen LogP contribution < -0.4 is 16.0 Å². The number of nitrogens with one attached hydrogen (secondary N) is 3. The van der Waals surface area contributed by atoms with Crippen molar-refractivity contribution in [3.8, 4) is 0 Å². The van der Waals surface area contributed by atoms with E-state index in [2.05, 4.69) is 44.7 Å². The molecule has 1 atom stereocenters. The first-order chi connectivity index (χ1) is 11.2. The molecule has 0 spiro atoms. The quantitative estimate of drug-likeness (QED) is 0.256. The zero-order chi connectivity index (χ0) is 16.5. The second-order valence-corrected chi connectivity index (χ2v) is 5.85. The van der Waals surface area contributed by atoms with Gasteiger partial charge in [-0.05, 0) is 40.4 Å². The average Bonchev–Trinajstić information content (AvgIpc) is 3.26. The van der Waals surface area contributed by atoms with Crippen molar-refractivity contribution < 1.29 is 9.21 Å². The minimum atomic E-state index is -0.217. The first kappa shape index (κ1) is 20.5. The lowest BCUT2D eigenvalue weighted by molar-refractivity contribution is 0.0926. The Labute approximate surface area is 163 Å². The molecule has 24 heavy (non-hydrogen) atoms. The molecule has 0 fully saturated rings. The number of furan rings is 1. The fraction of sp³-hybridized carbons (Fsp3) is 0.375. The highest BCUT2D eigenvalue weighted by Gasteiger charge is 2.08. The molecule has 2 rings (SSSR count). The minimum Gasteiger partial charge on any atom is -0.459 e. The van der Waals surface area contributed by atoms with Gasteiger partial charge in [-0.1, -0.05) is 6.92 Å². The maximum absolute atomic E-state index is 11.7. The Morgan fingerprint density at radius 1 is 1.29 bits per heavy atom. The molecular formula is C16H23IN4O2S. The zero-order valence-corrected chi connectivity index (χ0v) is 16.9. The third-order valence-corrected chi connectivity index (χ3v) is 4.06. The van der Waals surface area contributed by atoms with Crippen molar-refractivity contribution >= 4 is 47.2 Å². The number of carbonyl (C=O) groups is 1. The van der Waals surface area contributed by atoms with E-state index in [1.807, 2.05) is 0 Å². The Hall–Kier alpha value is -1.55. The van der Waals surface area contributed by atoms with E-state index in [1.165, 1.54) is 11.8 Å². The van der Waals surface area contributed by atoms with Gasteiger partial charge in [0.2, 0.25) is 0 Å². The summed E-state index contributed by atoms with van der Waals surface area (Å²) in [6, 6.07) is 5.46. The van der Waals surface area contributed by atoms with Gasteiger partial charge in [0.1, 0.15) is 0 Å². The number of halogens is 1. The molecule has 2 aromatic heterocycles. The summed E-state index contributed by atoms with van der Waals surface area (Å²) in [4.78, 5) is 15.9. The fourth-order valence-corrected chi connectivity index (χ4v) is 2.78. The standard InChI is InChI=1S/C16H22N4O2S.HI/c1-12(13-5-9-23-11-13)10-20-16(17-2)19-7-6-18-15(21)14-4-3-8-22-14;/h3-5,8-9,11-12H,6-7,10H2,1-2H3,(H,18,21)(H2,17,19,20);1H. The van der Waals surface area contributed by atoms with Crippen LogP contribution in [0, 0.1) is 0 Å². The maximum atomic E-state index is 11.7. The van der Waals surface area contributed by atoms with Crippen LogP contribution in [0.3, 0.4) is 0 Å². The van der Waals surface area contributed by atoms with E-state index in [9.17, 15) is 4.79 Å². The van der Waals surface area contributed by atoms with E-state index in [4.69, 9.17) is 4.42 Å². The van der Waals surface area contributed by atoms with Crippen molar-refractivity contribution in [2.24, 2.45) is 4.99 Å². The second kappa shape index (κ2) is 11.1. The van der Waals surface area contributed by atoms with Crippen LogP contribution in [0.2, 0.25) is 0 Å². The van der Waals surface area contributed by atoms with Crippen LogP contribution in [-0.4, -0.2) is 38.5 Å². The summed E-state index contributed by atoms with van der Waals surface area (Å²) in [6.45, 7) is 4.04. The van der Waals surface area contributed by atoms with Gasteiger partial charge < -0.3 is 20.4 Å². The maximum Gasteiger partial charge on any atom is 0.287 e. The van der Waals surface area contributed by atoms with Gasteiger partial charge in [-0.15, -0.1) is 24.0 Å². The second-order valence-electron chi connectivity index (χ2n) is 5.07. The zero-order valence-electron chi connectivity index (χ0n) is 13.7. The number of amides is 1. The van der Waals surface area contributed by atoms with Crippen LogP contribution in [0.15, 0.2) is 44.6 Å². The van der Waals surface area contributed by atoms with Crippen LogP contribution in [0.5, 0.6) is 0 Å². The van der Waals surface area contributed by atoms with E-state index < -0.39 is 0 Å². The Morgan fingerprint density at radius 3 is 2.71 bits per heavy atom. The van der Waals surface area contributed by atoms with Crippen LogP contribution in [0.4, 0.5) is 0 Å². The molecule has 3 N–H and O–H groups in total. The van der Waals surface area contributed by atoms with E-state index in [1.54, 1.807) is 30.5 Å². The smallest absolute Gasteiger partial charge is 0.287 e. The van der Waals surface area contributed by atoms with Crippen molar-refractivity contribution in [2.75, 3.05) is 26.7 Å². The summed E-state index contributed by atoms with van der Waals surface area (Å²) >= 11 is 1.70. The topological polar surface area (TPSA) is 78.7 Å². The van der Waals surface area contributed by atoms with E-state index in [-0.39, 0.29) is 29.9 Å². The molecule has 8 heteroatoms. The number of guanidine groups is 1. The average molecular weight is 462 g/mol. The fourth-order valence-electron chi connectivity index (χ4n) is 2.00. The number of nitrogens with zero attached hydrogens (tertiary/aromatic N) is 1. The number of carbonyl (C=O) groups excluding carboxylic acids is 1. The van der Waals surface area contributed by atoms with Gasteiger partial charge in [0.05, 0.1) is 6.26 Å². The summed E-state index contributed by atoms with van der Waals surface area (Å²) < 4.78 is 5.03. The van der Waals surface area contributed by atoms with Gasteiger partial charge in [-0.3, -0.25) is 9.79 Å². The van der Waals surface area contributed by atoms with Gasteiger partial charge in [-0.25, -0.2) is 0 Å². The van der Waals surface area contributed by atoms with Gasteiger partial charge >= 0.3 is 0 Å². The van der Waals surface area contributed by atoms with Crippen LogP contribution in [-0.2, 0) is 0 Å². The summed E-state index contributed by atoms with van der Waals surface area (Å²) in [5.74, 6) is 1.24. The molecule has 1 amide bonds. The highest BCUT2D eigenvalue weighted by atomic mass is 127. The number of hydrogen-bond donors (Lipinski definition) is 3. The molecule has 0 aromatic carbocycles. The van der Waals surface area contributed by atoms with Crippen molar-refractivity contribution in [1.82, 2.24) is 16.0 Å². The Morgan fingerprint density at radius 2 is 2.08 bits per heavy atom. The first-order valence-corrected chi connectivity index (χ1v) is 8.43. The number of rotatable bonds is 7. The van der Waals surface area contributed by atoms with Gasteiger partial charge in [0, 0.05) is 26.7 Å². The highest BCUT2D eigenvalue weighted by molar-refractivity contribution is 14.0. The predicted molar refractivity (Wildman–Crippen MR) is 109 cm³/mol. The summed E-state index contributed by atoms with van der Waals surface area (Å²) in [5.41, 5.74) is 1.32. The molecule has 0 aliphatic rings. The molecule has 132 valence electrons. The monoisotopic (exact) mass is 462 g/mol. The third kappa shape index (κ3) is 6.52. The summed E-state index contributed by atoms with van der Waals surface area (Å²) in [5, 5.41) is 13.5. The molecule has 0 radical (unpaired) electrons. The van der Waals surface area contributed by atoms with Crippen molar-refractivity contribution in [3.63, 3.8) is 0 Å². The molecule has 0 saturated heterocycles. The third-order valence-electron chi connectivity index (χ3n) is 3.36. The Balaban J connectivity index is 0.00000288. The molecule has 0 saturated carbocycles. The molecule has 0 bridgehead atoms. The normalized spacial score (nSPS) is 12.2. The van der Waals surface area contributed by atoms with E-state index in [0.29, 0.717) is 24.8 Å². The molecule has 2 aromatic rings. The predicted octanol–water partition coefficient (Wildman–Crippen LogP) is 2.66. The van der Waals surface area contributed by atoms with Gasteiger partial charge in [-0.2, -0.15) is 11.3 Å².